The molecule has 3 nitrogen and oxygen atoms in total. The van der Waals surface area contributed by atoms with Gasteiger partial charge in [-0.2, -0.15) is 8.78 Å². The average Bonchev–Trinajstić information content (AvgIpc) is 2.48. The minimum Gasteiger partial charge on any atom is -0.435 e. The van der Waals surface area contributed by atoms with E-state index in [1.165, 1.54) is 5.56 Å². The Morgan fingerprint density at radius 2 is 2.00 bits per heavy atom. The first-order valence-corrected chi connectivity index (χ1v) is 7.64. The van der Waals surface area contributed by atoms with Crippen LogP contribution in [-0.4, -0.2) is 25.9 Å². The number of hydrogen-bond donors (Lipinski definition) is 1. The van der Waals surface area contributed by atoms with E-state index in [2.05, 4.69) is 10.1 Å². The molecule has 1 aliphatic carbocycles. The van der Waals surface area contributed by atoms with Crippen molar-refractivity contribution in [3.05, 3.63) is 29.3 Å². The number of alkyl halides is 2. The number of hydrogen-bond acceptors (Lipinski definition) is 3. The van der Waals surface area contributed by atoms with Gasteiger partial charge < -0.3 is 14.8 Å². The molecule has 5 heteroatoms. The summed E-state index contributed by atoms with van der Waals surface area (Å²) in [6.07, 6.45) is 5.18. The summed E-state index contributed by atoms with van der Waals surface area (Å²) in [5.41, 5.74) is 2.36. The SMILES string of the molecule is FC(F)Oc1ccc2c(c1)CCC[C@H]2NC1CCOCC1. The van der Waals surface area contributed by atoms with Gasteiger partial charge in [-0.15, -0.1) is 0 Å². The Hall–Kier alpha value is -1.20. The smallest absolute Gasteiger partial charge is 0.387 e. The summed E-state index contributed by atoms with van der Waals surface area (Å²) in [6.45, 7) is -1.13. The zero-order valence-electron chi connectivity index (χ0n) is 12.0. The highest BCUT2D eigenvalue weighted by molar-refractivity contribution is 5.39. The van der Waals surface area contributed by atoms with Crippen molar-refractivity contribution in [3.63, 3.8) is 0 Å². The molecule has 1 fully saturated rings. The van der Waals surface area contributed by atoms with Gasteiger partial charge in [0.1, 0.15) is 5.75 Å². The van der Waals surface area contributed by atoms with Gasteiger partial charge in [0.15, 0.2) is 0 Å². The second-order valence-electron chi connectivity index (χ2n) is 5.74. The summed E-state index contributed by atoms with van der Waals surface area (Å²) in [4.78, 5) is 0. The molecule has 3 rings (SSSR count). The van der Waals surface area contributed by atoms with Gasteiger partial charge in [0, 0.05) is 25.3 Å². The van der Waals surface area contributed by atoms with Crippen molar-refractivity contribution in [3.8, 4) is 5.75 Å². The lowest BCUT2D eigenvalue weighted by Crippen LogP contribution is -2.38. The van der Waals surface area contributed by atoms with E-state index < -0.39 is 6.61 Å². The normalized spacial score (nSPS) is 23.1. The largest absolute Gasteiger partial charge is 0.435 e. The Morgan fingerprint density at radius 1 is 1.19 bits per heavy atom. The van der Waals surface area contributed by atoms with Crippen LogP contribution in [0.15, 0.2) is 18.2 Å². The molecular weight excluding hydrogens is 276 g/mol. The van der Waals surface area contributed by atoms with Crippen molar-refractivity contribution >= 4 is 0 Å². The van der Waals surface area contributed by atoms with Gasteiger partial charge in [-0.1, -0.05) is 6.07 Å². The van der Waals surface area contributed by atoms with E-state index in [1.54, 1.807) is 12.1 Å². The summed E-state index contributed by atoms with van der Waals surface area (Å²) in [6, 6.07) is 6.15. The topological polar surface area (TPSA) is 30.5 Å². The predicted octanol–water partition coefficient (Wildman–Crippen LogP) is 3.43. The molecule has 1 saturated heterocycles. The molecule has 2 aliphatic rings. The molecule has 0 amide bonds. The van der Waals surface area contributed by atoms with Crippen molar-refractivity contribution in [1.82, 2.24) is 5.32 Å². The van der Waals surface area contributed by atoms with Crippen LogP contribution in [0.25, 0.3) is 0 Å². The van der Waals surface area contributed by atoms with Crippen LogP contribution in [0.4, 0.5) is 8.78 Å². The fourth-order valence-electron chi connectivity index (χ4n) is 3.29. The molecule has 116 valence electrons. The Balaban J connectivity index is 1.71. The van der Waals surface area contributed by atoms with Crippen LogP contribution in [0.2, 0.25) is 0 Å². The zero-order valence-corrected chi connectivity index (χ0v) is 12.0. The molecule has 1 heterocycles. The summed E-state index contributed by atoms with van der Waals surface area (Å²) >= 11 is 0. The summed E-state index contributed by atoms with van der Waals surface area (Å²) < 4.78 is 34.5. The van der Waals surface area contributed by atoms with E-state index in [0.717, 1.165) is 50.9 Å². The van der Waals surface area contributed by atoms with Gasteiger partial charge in [-0.05, 0) is 55.4 Å². The Kier molecular flexibility index (Phi) is 4.70. The lowest BCUT2D eigenvalue weighted by atomic mass is 9.86. The van der Waals surface area contributed by atoms with Gasteiger partial charge in [-0.25, -0.2) is 0 Å². The fourth-order valence-corrected chi connectivity index (χ4v) is 3.29. The molecule has 21 heavy (non-hydrogen) atoms. The first-order chi connectivity index (χ1) is 10.2. The molecule has 0 spiro atoms. The van der Waals surface area contributed by atoms with Crippen LogP contribution < -0.4 is 10.1 Å². The van der Waals surface area contributed by atoms with Gasteiger partial charge in [-0.3, -0.25) is 0 Å². The quantitative estimate of drug-likeness (QED) is 0.923. The van der Waals surface area contributed by atoms with Crippen LogP contribution in [0, 0.1) is 0 Å². The number of aryl methyl sites for hydroxylation is 1. The molecule has 0 unspecified atom stereocenters. The van der Waals surface area contributed by atoms with Crippen LogP contribution in [-0.2, 0) is 11.2 Å². The number of rotatable bonds is 4. The van der Waals surface area contributed by atoms with E-state index >= 15 is 0 Å². The summed E-state index contributed by atoms with van der Waals surface area (Å²) in [7, 11) is 0. The van der Waals surface area contributed by atoms with Gasteiger partial charge in [0.2, 0.25) is 0 Å². The summed E-state index contributed by atoms with van der Waals surface area (Å²) in [5.74, 6) is 0.260. The molecule has 0 aromatic heterocycles. The standard InChI is InChI=1S/C16H21F2NO2/c17-16(18)21-13-4-5-14-11(10-13)2-1-3-15(14)19-12-6-8-20-9-7-12/h4-5,10,12,15-16,19H,1-3,6-9H2/t15-/m1/s1. The first kappa shape index (κ1) is 14.7. The minimum atomic E-state index is -2.76. The molecule has 0 saturated carbocycles. The third-order valence-electron chi connectivity index (χ3n) is 4.31. The highest BCUT2D eigenvalue weighted by Crippen LogP contribution is 2.33. The second-order valence-corrected chi connectivity index (χ2v) is 5.74. The number of ether oxygens (including phenoxy) is 2. The summed E-state index contributed by atoms with van der Waals surface area (Å²) in [5, 5.41) is 3.71. The van der Waals surface area contributed by atoms with Gasteiger partial charge in [0.05, 0.1) is 0 Å². The number of halogens is 2. The monoisotopic (exact) mass is 297 g/mol. The highest BCUT2D eigenvalue weighted by atomic mass is 19.3. The first-order valence-electron chi connectivity index (χ1n) is 7.64. The Morgan fingerprint density at radius 3 is 2.76 bits per heavy atom. The maximum Gasteiger partial charge on any atom is 0.387 e. The molecule has 1 aromatic rings. The van der Waals surface area contributed by atoms with Gasteiger partial charge >= 0.3 is 6.61 Å². The van der Waals surface area contributed by atoms with Crippen molar-refractivity contribution in [2.75, 3.05) is 13.2 Å². The van der Waals surface area contributed by atoms with E-state index in [4.69, 9.17) is 4.74 Å². The van der Waals surface area contributed by atoms with E-state index in [1.807, 2.05) is 6.07 Å². The predicted molar refractivity (Wildman–Crippen MR) is 75.7 cm³/mol. The Labute approximate surface area is 123 Å². The van der Waals surface area contributed by atoms with Crippen molar-refractivity contribution < 1.29 is 18.3 Å². The minimum absolute atomic E-state index is 0.260. The van der Waals surface area contributed by atoms with Crippen molar-refractivity contribution in [2.24, 2.45) is 0 Å². The number of fused-ring (bicyclic) bond motifs is 1. The molecule has 0 bridgehead atoms. The average molecular weight is 297 g/mol. The molecule has 1 aliphatic heterocycles. The maximum absolute atomic E-state index is 12.3. The molecule has 1 aromatic carbocycles. The van der Waals surface area contributed by atoms with Crippen LogP contribution in [0.3, 0.4) is 0 Å². The zero-order chi connectivity index (χ0) is 14.7. The van der Waals surface area contributed by atoms with Crippen molar-refractivity contribution in [1.29, 1.82) is 0 Å². The number of benzene rings is 1. The van der Waals surface area contributed by atoms with Crippen LogP contribution in [0.1, 0.15) is 42.9 Å². The third-order valence-corrected chi connectivity index (χ3v) is 4.31. The molecule has 0 radical (unpaired) electrons. The number of nitrogens with one attached hydrogen (secondary N) is 1. The highest BCUT2D eigenvalue weighted by Gasteiger charge is 2.24. The molecular formula is C16H21F2NO2. The van der Waals surface area contributed by atoms with Gasteiger partial charge in [0.25, 0.3) is 0 Å². The van der Waals surface area contributed by atoms with Crippen molar-refractivity contribution in [2.45, 2.75) is 50.8 Å². The van der Waals surface area contributed by atoms with E-state index in [0.29, 0.717) is 12.1 Å². The molecule has 1 atom stereocenters. The van der Waals surface area contributed by atoms with Crippen LogP contribution >= 0.6 is 0 Å². The lowest BCUT2D eigenvalue weighted by Gasteiger charge is -2.32. The van der Waals surface area contributed by atoms with E-state index in [-0.39, 0.29) is 5.75 Å². The third kappa shape index (κ3) is 3.71. The second kappa shape index (κ2) is 6.71. The fraction of sp³-hybridized carbons (Fsp3) is 0.625. The Bertz CT molecular complexity index is 475. The lowest BCUT2D eigenvalue weighted by molar-refractivity contribution is -0.0499. The maximum atomic E-state index is 12.3. The van der Waals surface area contributed by atoms with Crippen LogP contribution in [0.5, 0.6) is 5.75 Å². The molecule has 1 N–H and O–H groups in total. The van der Waals surface area contributed by atoms with E-state index in [9.17, 15) is 8.78 Å².